The number of alkyl halides is 3. The van der Waals surface area contributed by atoms with Gasteiger partial charge < -0.3 is 4.74 Å². The zero-order chi connectivity index (χ0) is 14.0. The number of nitrogens with zero attached hydrogens (tertiary/aromatic N) is 1. The van der Waals surface area contributed by atoms with Crippen molar-refractivity contribution in [3.8, 4) is 11.6 Å². The molecule has 0 spiro atoms. The van der Waals surface area contributed by atoms with Gasteiger partial charge in [0.2, 0.25) is 5.88 Å². The molecule has 0 aliphatic carbocycles. The van der Waals surface area contributed by atoms with Crippen LogP contribution in [0.25, 0.3) is 0 Å². The maximum absolute atomic E-state index is 12.4. The fraction of sp³-hybridized carbons (Fsp3) is 0.214. The number of aromatic nitrogens is 1. The van der Waals surface area contributed by atoms with Gasteiger partial charge in [0.05, 0.1) is 5.56 Å². The summed E-state index contributed by atoms with van der Waals surface area (Å²) in [7, 11) is 0. The first-order valence-corrected chi connectivity index (χ1v) is 5.64. The molecule has 1 heterocycles. The zero-order valence-electron chi connectivity index (χ0n) is 10.5. The second kappa shape index (κ2) is 4.91. The Kier molecular flexibility index (Phi) is 3.46. The lowest BCUT2D eigenvalue weighted by Crippen LogP contribution is -2.05. The molecule has 0 aliphatic rings. The first kappa shape index (κ1) is 13.4. The number of ether oxygens (including phenoxy) is 1. The Morgan fingerprint density at radius 1 is 1.05 bits per heavy atom. The van der Waals surface area contributed by atoms with Crippen LogP contribution in [0.1, 0.15) is 16.7 Å². The van der Waals surface area contributed by atoms with Gasteiger partial charge in [-0.05, 0) is 37.1 Å². The van der Waals surface area contributed by atoms with E-state index in [1.807, 2.05) is 32.0 Å². The monoisotopic (exact) mass is 267 g/mol. The van der Waals surface area contributed by atoms with Gasteiger partial charge in [-0.1, -0.05) is 12.1 Å². The van der Waals surface area contributed by atoms with Crippen LogP contribution in [-0.2, 0) is 6.18 Å². The van der Waals surface area contributed by atoms with Crippen molar-refractivity contribution < 1.29 is 17.9 Å². The van der Waals surface area contributed by atoms with E-state index in [1.165, 1.54) is 6.07 Å². The van der Waals surface area contributed by atoms with Crippen molar-refractivity contribution in [3.63, 3.8) is 0 Å². The second-order valence-electron chi connectivity index (χ2n) is 4.25. The van der Waals surface area contributed by atoms with E-state index >= 15 is 0 Å². The van der Waals surface area contributed by atoms with E-state index < -0.39 is 11.7 Å². The van der Waals surface area contributed by atoms with Gasteiger partial charge in [0.25, 0.3) is 0 Å². The summed E-state index contributed by atoms with van der Waals surface area (Å²) < 4.78 is 42.6. The van der Waals surface area contributed by atoms with Crippen molar-refractivity contribution in [1.82, 2.24) is 4.98 Å². The summed E-state index contributed by atoms with van der Waals surface area (Å²) in [6.45, 7) is 3.77. The molecule has 2 rings (SSSR count). The van der Waals surface area contributed by atoms with Gasteiger partial charge >= 0.3 is 6.18 Å². The Labute approximate surface area is 108 Å². The molecule has 2 aromatic rings. The third-order valence-corrected chi connectivity index (χ3v) is 2.62. The lowest BCUT2D eigenvalue weighted by Gasteiger charge is -2.10. The van der Waals surface area contributed by atoms with Gasteiger partial charge in [-0.25, -0.2) is 4.98 Å². The number of benzene rings is 1. The molecule has 0 fully saturated rings. The number of hydrogen-bond donors (Lipinski definition) is 0. The average Bonchev–Trinajstić information content (AvgIpc) is 2.33. The number of aryl methyl sites for hydroxylation is 2. The molecule has 1 aromatic carbocycles. The number of halogens is 3. The van der Waals surface area contributed by atoms with E-state index in [9.17, 15) is 13.2 Å². The van der Waals surface area contributed by atoms with Gasteiger partial charge in [-0.15, -0.1) is 0 Å². The minimum absolute atomic E-state index is 0.140. The molecule has 2 nitrogen and oxygen atoms in total. The molecule has 0 saturated carbocycles. The van der Waals surface area contributed by atoms with E-state index in [-0.39, 0.29) is 5.88 Å². The average molecular weight is 267 g/mol. The lowest BCUT2D eigenvalue weighted by molar-refractivity contribution is -0.137. The van der Waals surface area contributed by atoms with Crippen LogP contribution in [0, 0.1) is 13.8 Å². The minimum atomic E-state index is -4.38. The summed E-state index contributed by atoms with van der Waals surface area (Å²) >= 11 is 0. The van der Waals surface area contributed by atoms with Crippen molar-refractivity contribution in [2.45, 2.75) is 20.0 Å². The van der Waals surface area contributed by atoms with Gasteiger partial charge in [0.1, 0.15) is 5.75 Å². The van der Waals surface area contributed by atoms with Crippen molar-refractivity contribution in [3.05, 3.63) is 53.2 Å². The highest BCUT2D eigenvalue weighted by molar-refractivity contribution is 5.38. The summed E-state index contributed by atoms with van der Waals surface area (Å²) in [5, 5.41) is 0. The Hall–Kier alpha value is -2.04. The topological polar surface area (TPSA) is 22.1 Å². The molecular weight excluding hydrogens is 255 g/mol. The maximum Gasteiger partial charge on any atom is 0.417 e. The Bertz CT molecular complexity index is 576. The normalized spacial score (nSPS) is 11.4. The molecule has 0 saturated heterocycles. The molecule has 1 aromatic heterocycles. The van der Waals surface area contributed by atoms with Gasteiger partial charge in [-0.2, -0.15) is 13.2 Å². The van der Waals surface area contributed by atoms with E-state index in [0.29, 0.717) is 5.75 Å². The summed E-state index contributed by atoms with van der Waals surface area (Å²) in [6, 6.07) is 7.80. The Morgan fingerprint density at radius 3 is 2.37 bits per heavy atom. The van der Waals surface area contributed by atoms with Crippen LogP contribution < -0.4 is 4.74 Å². The number of hydrogen-bond acceptors (Lipinski definition) is 2. The van der Waals surface area contributed by atoms with E-state index in [4.69, 9.17) is 4.74 Å². The first-order valence-electron chi connectivity index (χ1n) is 5.64. The van der Waals surface area contributed by atoms with E-state index in [2.05, 4.69) is 4.98 Å². The molecule has 100 valence electrons. The molecular formula is C14H12F3NO. The molecule has 0 aliphatic heterocycles. The minimum Gasteiger partial charge on any atom is -0.439 e. The van der Waals surface area contributed by atoms with Crippen molar-refractivity contribution >= 4 is 0 Å². The summed E-state index contributed by atoms with van der Waals surface area (Å²) in [4.78, 5) is 3.67. The van der Waals surface area contributed by atoms with Crippen molar-refractivity contribution in [2.75, 3.05) is 0 Å². The lowest BCUT2D eigenvalue weighted by atomic mass is 10.1. The van der Waals surface area contributed by atoms with Crippen LogP contribution >= 0.6 is 0 Å². The molecule has 0 atom stereocenters. The fourth-order valence-electron chi connectivity index (χ4n) is 1.54. The van der Waals surface area contributed by atoms with E-state index in [0.717, 1.165) is 23.4 Å². The molecule has 0 radical (unpaired) electrons. The summed E-state index contributed by atoms with van der Waals surface area (Å²) in [5.74, 6) is 0.731. The molecule has 0 N–H and O–H groups in total. The van der Waals surface area contributed by atoms with Crippen molar-refractivity contribution in [1.29, 1.82) is 0 Å². The zero-order valence-corrected chi connectivity index (χ0v) is 10.5. The van der Waals surface area contributed by atoms with Crippen LogP contribution in [0.15, 0.2) is 36.5 Å². The summed E-state index contributed by atoms with van der Waals surface area (Å²) in [6.07, 6.45) is -3.62. The summed E-state index contributed by atoms with van der Waals surface area (Å²) in [5.41, 5.74) is 1.11. The molecule has 5 heteroatoms. The second-order valence-corrected chi connectivity index (χ2v) is 4.25. The quantitative estimate of drug-likeness (QED) is 0.798. The number of rotatable bonds is 2. The van der Waals surface area contributed by atoms with Gasteiger partial charge in [0, 0.05) is 12.3 Å². The number of pyridine rings is 1. The van der Waals surface area contributed by atoms with Gasteiger partial charge in [0.15, 0.2) is 0 Å². The van der Waals surface area contributed by atoms with Gasteiger partial charge in [-0.3, -0.25) is 0 Å². The fourth-order valence-corrected chi connectivity index (χ4v) is 1.54. The third-order valence-electron chi connectivity index (χ3n) is 2.62. The van der Waals surface area contributed by atoms with Crippen LogP contribution in [-0.4, -0.2) is 4.98 Å². The predicted octanol–water partition coefficient (Wildman–Crippen LogP) is 4.51. The molecule has 0 amide bonds. The van der Waals surface area contributed by atoms with Crippen LogP contribution in [0.2, 0.25) is 0 Å². The Morgan fingerprint density at radius 2 is 1.79 bits per heavy atom. The van der Waals surface area contributed by atoms with E-state index in [1.54, 1.807) is 0 Å². The molecule has 0 bridgehead atoms. The highest BCUT2D eigenvalue weighted by Gasteiger charge is 2.30. The largest absolute Gasteiger partial charge is 0.439 e. The van der Waals surface area contributed by atoms with Crippen molar-refractivity contribution in [2.24, 2.45) is 0 Å². The smallest absolute Gasteiger partial charge is 0.417 e. The highest BCUT2D eigenvalue weighted by Crippen LogP contribution is 2.30. The predicted molar refractivity (Wildman–Crippen MR) is 65.2 cm³/mol. The first-order chi connectivity index (χ1) is 8.86. The third kappa shape index (κ3) is 3.24. The standard InChI is InChI=1S/C14H12F3NO/c1-9-3-4-10(2)12(7-9)19-13-6-5-11(8-18-13)14(15,16)17/h3-8H,1-2H3. The highest BCUT2D eigenvalue weighted by atomic mass is 19.4. The molecule has 19 heavy (non-hydrogen) atoms. The van der Waals surface area contributed by atoms with Crippen LogP contribution in [0.5, 0.6) is 11.6 Å². The maximum atomic E-state index is 12.4. The van der Waals surface area contributed by atoms with Crippen LogP contribution in [0.4, 0.5) is 13.2 Å². The SMILES string of the molecule is Cc1ccc(C)c(Oc2ccc(C(F)(F)F)cn2)c1. The Balaban J connectivity index is 2.22. The molecule has 0 unspecified atom stereocenters. The van der Waals surface area contributed by atoms with Crippen LogP contribution in [0.3, 0.4) is 0 Å².